The summed E-state index contributed by atoms with van der Waals surface area (Å²) in [6.45, 7) is 18.1. The number of rotatable bonds is 8. The number of piperazine rings is 1. The molecule has 1 aromatic carbocycles. The van der Waals surface area contributed by atoms with Crippen LogP contribution in [0, 0.1) is 5.92 Å². The van der Waals surface area contributed by atoms with E-state index in [1.807, 2.05) is 0 Å². The van der Waals surface area contributed by atoms with Crippen LogP contribution in [0.4, 0.5) is 0 Å². The normalized spacial score (nSPS) is 25.4. The van der Waals surface area contributed by atoms with E-state index in [2.05, 4.69) is 66.7 Å². The topological polar surface area (TPSA) is 19.0 Å². The van der Waals surface area contributed by atoms with Gasteiger partial charge >= 0.3 is 0 Å². The number of likely N-dealkylation sites (tertiary alicyclic amines) is 1. The van der Waals surface area contributed by atoms with Gasteiger partial charge in [-0.25, -0.2) is 0 Å². The summed E-state index contributed by atoms with van der Waals surface area (Å²) in [5, 5.41) is 0. The molecule has 3 rings (SSSR count). The van der Waals surface area contributed by atoms with Gasteiger partial charge in [0.15, 0.2) is 0 Å². The molecule has 2 atom stereocenters. The van der Waals surface area contributed by atoms with E-state index in [1.54, 1.807) is 0 Å². The Morgan fingerprint density at radius 2 is 1.56 bits per heavy atom. The van der Waals surface area contributed by atoms with Crippen molar-refractivity contribution in [3.05, 3.63) is 29.8 Å². The van der Waals surface area contributed by atoms with E-state index in [4.69, 9.17) is 4.74 Å². The van der Waals surface area contributed by atoms with Crippen molar-refractivity contribution in [2.75, 3.05) is 45.9 Å². The Hall–Kier alpha value is -1.10. The van der Waals surface area contributed by atoms with Gasteiger partial charge in [-0.3, -0.25) is 14.7 Å². The Labute approximate surface area is 166 Å². The molecule has 0 saturated carbocycles. The molecule has 4 nitrogen and oxygen atoms in total. The van der Waals surface area contributed by atoms with E-state index < -0.39 is 0 Å². The zero-order valence-corrected chi connectivity index (χ0v) is 17.9. The molecule has 0 bridgehead atoms. The van der Waals surface area contributed by atoms with Gasteiger partial charge in [-0.15, -0.1) is 0 Å². The quantitative estimate of drug-likeness (QED) is 0.691. The summed E-state index contributed by atoms with van der Waals surface area (Å²) < 4.78 is 6.03. The number of para-hydroxylation sites is 1. The predicted molar refractivity (Wildman–Crippen MR) is 113 cm³/mol. The minimum absolute atomic E-state index is 0.558. The average Bonchev–Trinajstić information content (AvgIpc) is 2.98. The van der Waals surface area contributed by atoms with Crippen LogP contribution in [-0.2, 0) is 6.54 Å². The molecule has 2 unspecified atom stereocenters. The number of hydrogen-bond acceptors (Lipinski definition) is 4. The van der Waals surface area contributed by atoms with Crippen molar-refractivity contribution >= 4 is 0 Å². The van der Waals surface area contributed by atoms with Crippen molar-refractivity contribution in [2.45, 2.75) is 59.2 Å². The van der Waals surface area contributed by atoms with Crippen molar-refractivity contribution in [3.63, 3.8) is 0 Å². The standard InChI is InChI=1S/C23H39N3O/c1-19(2)18-27-23-8-6-5-7-22(23)17-25-13-11-24(12-14-25)15-16-26-20(3)9-10-21(26)4/h5-8,19-21H,9-18H2,1-4H3. The van der Waals surface area contributed by atoms with Crippen molar-refractivity contribution in [2.24, 2.45) is 5.92 Å². The smallest absolute Gasteiger partial charge is 0.123 e. The molecule has 0 aliphatic carbocycles. The third kappa shape index (κ3) is 5.94. The lowest BCUT2D eigenvalue weighted by Crippen LogP contribution is -2.48. The molecule has 0 radical (unpaired) electrons. The van der Waals surface area contributed by atoms with Gasteiger partial charge in [0.05, 0.1) is 6.61 Å². The molecule has 2 heterocycles. The Morgan fingerprint density at radius 3 is 2.22 bits per heavy atom. The van der Waals surface area contributed by atoms with Crippen LogP contribution in [0.2, 0.25) is 0 Å². The summed E-state index contributed by atoms with van der Waals surface area (Å²) in [4.78, 5) is 7.93. The van der Waals surface area contributed by atoms with E-state index in [0.29, 0.717) is 5.92 Å². The van der Waals surface area contributed by atoms with Crippen LogP contribution in [-0.4, -0.2) is 72.7 Å². The van der Waals surface area contributed by atoms with Crippen LogP contribution in [0.25, 0.3) is 0 Å². The van der Waals surface area contributed by atoms with Gasteiger partial charge in [0.25, 0.3) is 0 Å². The molecule has 2 aliphatic heterocycles. The third-order valence-corrected chi connectivity index (χ3v) is 6.21. The maximum absolute atomic E-state index is 6.03. The van der Waals surface area contributed by atoms with Gasteiger partial charge in [-0.05, 0) is 38.7 Å². The monoisotopic (exact) mass is 373 g/mol. The highest BCUT2D eigenvalue weighted by molar-refractivity contribution is 5.33. The first-order chi connectivity index (χ1) is 13.0. The summed E-state index contributed by atoms with van der Waals surface area (Å²) in [5.41, 5.74) is 1.33. The molecular weight excluding hydrogens is 334 g/mol. The molecule has 0 N–H and O–H groups in total. The molecule has 0 amide bonds. The zero-order valence-electron chi connectivity index (χ0n) is 17.9. The van der Waals surface area contributed by atoms with Gasteiger partial charge in [-0.2, -0.15) is 0 Å². The highest BCUT2D eigenvalue weighted by Gasteiger charge is 2.27. The predicted octanol–water partition coefficient (Wildman–Crippen LogP) is 3.71. The lowest BCUT2D eigenvalue weighted by molar-refractivity contribution is 0.105. The minimum Gasteiger partial charge on any atom is -0.493 e. The van der Waals surface area contributed by atoms with Crippen LogP contribution in [0.1, 0.15) is 46.1 Å². The number of hydrogen-bond donors (Lipinski definition) is 0. The molecular formula is C23H39N3O. The van der Waals surface area contributed by atoms with Crippen LogP contribution < -0.4 is 4.74 Å². The molecule has 0 aromatic heterocycles. The third-order valence-electron chi connectivity index (χ3n) is 6.21. The van der Waals surface area contributed by atoms with E-state index in [9.17, 15) is 0 Å². The van der Waals surface area contributed by atoms with Crippen molar-refractivity contribution < 1.29 is 4.74 Å². The maximum Gasteiger partial charge on any atom is 0.123 e. The Morgan fingerprint density at radius 1 is 0.926 bits per heavy atom. The lowest BCUT2D eigenvalue weighted by atomic mass is 10.1. The van der Waals surface area contributed by atoms with Crippen LogP contribution in [0.15, 0.2) is 24.3 Å². The van der Waals surface area contributed by atoms with E-state index in [1.165, 1.54) is 44.6 Å². The highest BCUT2D eigenvalue weighted by atomic mass is 16.5. The SMILES string of the molecule is CC(C)COc1ccccc1CN1CCN(CCN2C(C)CCC2C)CC1. The fraction of sp³-hybridized carbons (Fsp3) is 0.739. The van der Waals surface area contributed by atoms with Crippen molar-refractivity contribution in [3.8, 4) is 5.75 Å². The average molecular weight is 374 g/mol. The van der Waals surface area contributed by atoms with Gasteiger partial charge in [0.2, 0.25) is 0 Å². The lowest BCUT2D eigenvalue weighted by Gasteiger charge is -2.36. The second-order valence-corrected chi connectivity index (χ2v) is 8.94. The van der Waals surface area contributed by atoms with Gasteiger partial charge in [-0.1, -0.05) is 32.0 Å². The first-order valence-electron chi connectivity index (χ1n) is 10.9. The molecule has 0 spiro atoms. The van der Waals surface area contributed by atoms with Gasteiger partial charge < -0.3 is 4.74 Å². The summed E-state index contributed by atoms with van der Waals surface area (Å²) in [6, 6.07) is 10.1. The number of ether oxygens (including phenoxy) is 1. The number of benzene rings is 1. The molecule has 2 saturated heterocycles. The maximum atomic E-state index is 6.03. The largest absolute Gasteiger partial charge is 0.493 e. The number of nitrogens with zero attached hydrogens (tertiary/aromatic N) is 3. The van der Waals surface area contributed by atoms with E-state index >= 15 is 0 Å². The second kappa shape index (κ2) is 9.90. The van der Waals surface area contributed by atoms with Crippen LogP contribution in [0.3, 0.4) is 0 Å². The Bertz CT molecular complexity index is 558. The first kappa shape index (κ1) is 20.6. The molecule has 27 heavy (non-hydrogen) atoms. The zero-order chi connectivity index (χ0) is 19.2. The van der Waals surface area contributed by atoms with Gasteiger partial charge in [0.1, 0.15) is 5.75 Å². The summed E-state index contributed by atoms with van der Waals surface area (Å²) in [6.07, 6.45) is 2.74. The van der Waals surface area contributed by atoms with E-state index in [0.717, 1.165) is 44.1 Å². The molecule has 2 aliphatic rings. The van der Waals surface area contributed by atoms with Crippen molar-refractivity contribution in [1.29, 1.82) is 0 Å². The van der Waals surface area contributed by atoms with Crippen LogP contribution >= 0.6 is 0 Å². The molecule has 1 aromatic rings. The summed E-state index contributed by atoms with van der Waals surface area (Å²) >= 11 is 0. The highest BCUT2D eigenvalue weighted by Crippen LogP contribution is 2.23. The summed E-state index contributed by atoms with van der Waals surface area (Å²) in [5.74, 6) is 1.62. The molecule has 2 fully saturated rings. The minimum atomic E-state index is 0.558. The Balaban J connectivity index is 1.43. The summed E-state index contributed by atoms with van der Waals surface area (Å²) in [7, 11) is 0. The second-order valence-electron chi connectivity index (χ2n) is 8.94. The Kier molecular flexibility index (Phi) is 7.57. The van der Waals surface area contributed by atoms with E-state index in [-0.39, 0.29) is 0 Å². The van der Waals surface area contributed by atoms with Gasteiger partial charge in [0, 0.05) is 63.5 Å². The molecule has 4 heteroatoms. The van der Waals surface area contributed by atoms with Crippen molar-refractivity contribution in [1.82, 2.24) is 14.7 Å². The molecule has 152 valence electrons. The first-order valence-corrected chi connectivity index (χ1v) is 10.9. The van der Waals surface area contributed by atoms with Crippen LogP contribution in [0.5, 0.6) is 5.75 Å². The fourth-order valence-electron chi connectivity index (χ4n) is 4.39. The fourth-order valence-corrected chi connectivity index (χ4v) is 4.39.